The van der Waals surface area contributed by atoms with Crippen molar-refractivity contribution in [3.63, 3.8) is 0 Å². The molecule has 1 fully saturated rings. The van der Waals surface area contributed by atoms with Gasteiger partial charge in [-0.25, -0.2) is 24.3 Å². The maximum atomic E-state index is 4.08. The van der Waals surface area contributed by atoms with Crippen LogP contribution in [0.4, 0.5) is 0 Å². The summed E-state index contributed by atoms with van der Waals surface area (Å²) in [4.78, 5) is 0. The van der Waals surface area contributed by atoms with Gasteiger partial charge in [0.05, 0.1) is 5.04 Å². The molecular weight excluding hydrogens is 340 g/mol. The van der Waals surface area contributed by atoms with E-state index < -0.39 is 0 Å². The van der Waals surface area contributed by atoms with Crippen molar-refractivity contribution in [1.82, 2.24) is 0 Å². The van der Waals surface area contributed by atoms with E-state index in [0.717, 1.165) is 11.5 Å². The molecule has 112 valence electrons. The third kappa shape index (κ3) is 6.70. The Bertz CT molecular complexity index is 489. The van der Waals surface area contributed by atoms with Gasteiger partial charge < -0.3 is 0 Å². The molecular formula is C16H18FeN2S2. The summed E-state index contributed by atoms with van der Waals surface area (Å²) < 4.78 is 0.475. The number of hydrogen-bond donors (Lipinski definition) is 0. The Hall–Kier alpha value is -0.741. The molecule has 2 nitrogen and oxygen atoms in total. The topological polar surface area (TPSA) is 24.7 Å². The average molecular weight is 358 g/mol. The number of rotatable bonds is 2. The van der Waals surface area contributed by atoms with Gasteiger partial charge in [-0.15, -0.1) is 22.4 Å². The van der Waals surface area contributed by atoms with Crippen LogP contribution in [0.3, 0.4) is 0 Å². The van der Waals surface area contributed by atoms with Gasteiger partial charge in [-0.3, -0.25) is 0 Å². The third-order valence-corrected chi connectivity index (χ3v) is 5.59. The van der Waals surface area contributed by atoms with Crippen molar-refractivity contribution in [3.8, 4) is 0 Å². The van der Waals surface area contributed by atoms with Gasteiger partial charge >= 0.3 is 17.1 Å². The van der Waals surface area contributed by atoms with Crippen LogP contribution in [-0.2, 0) is 17.1 Å². The van der Waals surface area contributed by atoms with Crippen molar-refractivity contribution in [3.05, 3.63) is 60.2 Å². The molecule has 1 atom stereocenters. The Balaban J connectivity index is 0.000000313. The van der Waals surface area contributed by atoms with Gasteiger partial charge in [0.25, 0.3) is 0 Å². The van der Waals surface area contributed by atoms with Crippen LogP contribution in [0.1, 0.15) is 23.0 Å². The summed E-state index contributed by atoms with van der Waals surface area (Å²) in [5.41, 5.74) is 1.38. The first kappa shape index (κ1) is 18.3. The molecule has 0 aromatic heterocycles. The predicted molar refractivity (Wildman–Crippen MR) is 93.1 cm³/mol. The zero-order valence-corrected chi connectivity index (χ0v) is 14.4. The van der Waals surface area contributed by atoms with E-state index in [0.29, 0.717) is 4.58 Å². The molecule has 2 aromatic rings. The molecule has 0 bridgehead atoms. The fourth-order valence-electron chi connectivity index (χ4n) is 1.81. The first-order valence-corrected chi connectivity index (χ1v) is 8.52. The van der Waals surface area contributed by atoms with E-state index in [1.165, 1.54) is 17.7 Å². The van der Waals surface area contributed by atoms with E-state index in [2.05, 4.69) is 41.2 Å². The third-order valence-electron chi connectivity index (χ3n) is 2.75. The fourth-order valence-corrected chi connectivity index (χ4v) is 4.49. The summed E-state index contributed by atoms with van der Waals surface area (Å²) in [7, 11) is 0. The minimum absolute atomic E-state index is 0. The molecule has 0 N–H and O–H groups in total. The molecule has 1 heterocycles. The first-order valence-electron chi connectivity index (χ1n) is 6.59. The SMILES string of the molecule is C=NN=C1CCCSC([c-]2cccc2)S1.[Fe+2].c1cc[cH-]c1. The second-order valence-electron chi connectivity index (χ2n) is 4.24. The van der Waals surface area contributed by atoms with Gasteiger partial charge in [0.15, 0.2) is 0 Å². The summed E-state index contributed by atoms with van der Waals surface area (Å²) in [6, 6.07) is 18.5. The molecule has 0 spiro atoms. The van der Waals surface area contributed by atoms with E-state index in [-0.39, 0.29) is 17.1 Å². The zero-order chi connectivity index (χ0) is 14.0. The minimum Gasteiger partial charge on any atom is -0.214 e. The Morgan fingerprint density at radius 1 is 1.19 bits per heavy atom. The standard InChI is InChI=1S/C11H13N2S2.C5H5.Fe/c1-12-13-10-7-4-8-14-11(15-10)9-5-2-3-6-9;1-2-4-5-3-1;/h2-3,5-6,11H,1,4,7-8H2;1-5H;/q2*-1;+2. The van der Waals surface area contributed by atoms with Crippen molar-refractivity contribution < 1.29 is 17.1 Å². The quantitative estimate of drug-likeness (QED) is 0.324. The van der Waals surface area contributed by atoms with Crippen LogP contribution < -0.4 is 0 Å². The molecule has 5 heteroatoms. The molecule has 3 rings (SSSR count). The molecule has 1 aliphatic heterocycles. The molecule has 0 amide bonds. The van der Waals surface area contributed by atoms with Crippen molar-refractivity contribution >= 4 is 35.3 Å². The molecule has 1 saturated heterocycles. The second-order valence-corrected chi connectivity index (χ2v) is 6.93. The average Bonchev–Trinajstić information content (AvgIpc) is 3.14. The van der Waals surface area contributed by atoms with Gasteiger partial charge in [-0.2, -0.15) is 47.2 Å². The van der Waals surface area contributed by atoms with Crippen LogP contribution in [0.2, 0.25) is 0 Å². The number of thioether (sulfide) groups is 2. The smallest absolute Gasteiger partial charge is 0.214 e. The van der Waals surface area contributed by atoms with Crippen molar-refractivity contribution in [2.45, 2.75) is 17.4 Å². The summed E-state index contributed by atoms with van der Waals surface area (Å²) in [6.07, 6.45) is 2.22. The van der Waals surface area contributed by atoms with E-state index >= 15 is 0 Å². The molecule has 1 aliphatic rings. The molecule has 2 aromatic carbocycles. The monoisotopic (exact) mass is 358 g/mol. The van der Waals surface area contributed by atoms with Crippen molar-refractivity contribution in [2.75, 3.05) is 5.75 Å². The zero-order valence-electron chi connectivity index (χ0n) is 11.7. The van der Waals surface area contributed by atoms with E-state index in [4.69, 9.17) is 0 Å². The number of hydrogen-bond acceptors (Lipinski definition) is 4. The summed E-state index contributed by atoms with van der Waals surface area (Å²) >= 11 is 3.81. The fraction of sp³-hybridized carbons (Fsp3) is 0.250. The van der Waals surface area contributed by atoms with Crippen LogP contribution in [0, 0.1) is 0 Å². The van der Waals surface area contributed by atoms with Gasteiger partial charge in [0, 0.05) is 11.3 Å². The van der Waals surface area contributed by atoms with E-state index in [9.17, 15) is 0 Å². The molecule has 0 saturated carbocycles. The van der Waals surface area contributed by atoms with Crippen LogP contribution in [0.15, 0.2) is 64.8 Å². The molecule has 1 unspecified atom stereocenters. The minimum atomic E-state index is 0. The van der Waals surface area contributed by atoms with Gasteiger partial charge in [-0.05, 0) is 18.6 Å². The van der Waals surface area contributed by atoms with Crippen LogP contribution in [0.25, 0.3) is 0 Å². The van der Waals surface area contributed by atoms with Gasteiger partial charge in [-0.1, -0.05) is 0 Å². The number of nitrogens with zero attached hydrogens (tertiary/aromatic N) is 2. The Morgan fingerprint density at radius 3 is 2.48 bits per heavy atom. The summed E-state index contributed by atoms with van der Waals surface area (Å²) in [5, 5.41) is 8.82. The maximum Gasteiger partial charge on any atom is 2.00 e. The summed E-state index contributed by atoms with van der Waals surface area (Å²) in [6.45, 7) is 3.42. The Morgan fingerprint density at radius 2 is 1.90 bits per heavy atom. The predicted octanol–water partition coefficient (Wildman–Crippen LogP) is 5.08. The van der Waals surface area contributed by atoms with E-state index in [1.54, 1.807) is 0 Å². The Labute approximate surface area is 145 Å². The Kier molecular flexibility index (Phi) is 9.51. The second kappa shape index (κ2) is 10.9. The van der Waals surface area contributed by atoms with Gasteiger partial charge in [0.1, 0.15) is 0 Å². The van der Waals surface area contributed by atoms with Crippen LogP contribution in [-0.4, -0.2) is 17.5 Å². The molecule has 21 heavy (non-hydrogen) atoms. The van der Waals surface area contributed by atoms with Crippen molar-refractivity contribution in [2.24, 2.45) is 10.2 Å². The molecule has 0 radical (unpaired) electrons. The van der Waals surface area contributed by atoms with Crippen LogP contribution >= 0.6 is 23.5 Å². The first-order chi connectivity index (χ1) is 9.90. The van der Waals surface area contributed by atoms with Gasteiger partial charge in [0.2, 0.25) is 0 Å². The largest absolute Gasteiger partial charge is 2.00 e. The van der Waals surface area contributed by atoms with Crippen LogP contribution in [0.5, 0.6) is 0 Å². The molecule has 0 aliphatic carbocycles. The van der Waals surface area contributed by atoms with E-state index in [1.807, 2.05) is 53.9 Å². The normalized spacial score (nSPS) is 19.8. The van der Waals surface area contributed by atoms with Crippen molar-refractivity contribution in [1.29, 1.82) is 0 Å². The summed E-state index contributed by atoms with van der Waals surface area (Å²) in [5.74, 6) is 1.19. The maximum absolute atomic E-state index is 4.08.